The van der Waals surface area contributed by atoms with E-state index in [1.54, 1.807) is 11.1 Å². The number of hydrogen-bond donors (Lipinski definition) is 2. The van der Waals surface area contributed by atoms with Crippen molar-refractivity contribution in [3.8, 4) is 5.75 Å². The molecule has 0 aliphatic carbocycles. The molecule has 0 radical (unpaired) electrons. The summed E-state index contributed by atoms with van der Waals surface area (Å²) < 4.78 is 19.9. The molecule has 1 atom stereocenters. The van der Waals surface area contributed by atoms with Crippen LogP contribution in [0, 0.1) is 12.7 Å². The SMILES string of the molecule is Cc1cccc(N)c1COc1ccc(N2C=CC(C)N2)cc1F. The molecular formula is C18H20FN3O. The Balaban J connectivity index is 1.73. The lowest BCUT2D eigenvalue weighted by Crippen LogP contribution is -2.33. The van der Waals surface area contributed by atoms with E-state index in [4.69, 9.17) is 10.5 Å². The Bertz CT molecular complexity index is 725. The van der Waals surface area contributed by atoms with Crippen LogP contribution >= 0.6 is 0 Å². The number of aryl methyl sites for hydroxylation is 1. The standard InChI is InChI=1S/C18H20FN3O/c1-12-4-3-5-17(20)15(12)11-23-18-7-6-14(10-16(18)19)22-9-8-13(2)21-22/h3-10,13,21H,11,20H2,1-2H3. The molecular weight excluding hydrogens is 293 g/mol. The largest absolute Gasteiger partial charge is 0.486 e. The number of rotatable bonds is 4. The van der Waals surface area contributed by atoms with Gasteiger partial charge in [0.25, 0.3) is 0 Å². The minimum Gasteiger partial charge on any atom is -0.486 e. The second kappa shape index (κ2) is 6.30. The molecule has 2 aromatic carbocycles. The number of nitrogens with zero attached hydrogens (tertiary/aromatic N) is 1. The maximum absolute atomic E-state index is 14.3. The number of ether oxygens (including phenoxy) is 1. The van der Waals surface area contributed by atoms with E-state index in [0.29, 0.717) is 5.69 Å². The lowest BCUT2D eigenvalue weighted by Gasteiger charge is -2.19. The second-order valence-electron chi connectivity index (χ2n) is 5.68. The molecule has 3 N–H and O–H groups in total. The van der Waals surface area contributed by atoms with Gasteiger partial charge in [-0.05, 0) is 43.7 Å². The first-order valence-corrected chi connectivity index (χ1v) is 7.54. The average molecular weight is 313 g/mol. The first kappa shape index (κ1) is 15.4. The van der Waals surface area contributed by atoms with Gasteiger partial charge in [0.15, 0.2) is 11.6 Å². The molecule has 0 saturated carbocycles. The number of halogens is 1. The Morgan fingerprint density at radius 2 is 2.13 bits per heavy atom. The number of hydrogen-bond acceptors (Lipinski definition) is 4. The van der Waals surface area contributed by atoms with Crippen molar-refractivity contribution in [1.29, 1.82) is 0 Å². The van der Waals surface area contributed by atoms with Crippen molar-refractivity contribution in [3.05, 3.63) is 65.6 Å². The molecule has 3 rings (SSSR count). The fourth-order valence-electron chi connectivity index (χ4n) is 2.51. The molecule has 0 bridgehead atoms. The third-order valence-electron chi connectivity index (χ3n) is 3.88. The van der Waals surface area contributed by atoms with Crippen molar-refractivity contribution >= 4 is 11.4 Å². The van der Waals surface area contributed by atoms with E-state index in [9.17, 15) is 4.39 Å². The Morgan fingerprint density at radius 3 is 2.78 bits per heavy atom. The van der Waals surface area contributed by atoms with Gasteiger partial charge in [0.05, 0.1) is 5.69 Å². The molecule has 1 heterocycles. The van der Waals surface area contributed by atoms with Crippen LogP contribution < -0.4 is 20.9 Å². The molecule has 0 saturated heterocycles. The molecule has 4 nitrogen and oxygen atoms in total. The minimum absolute atomic E-state index is 0.215. The highest BCUT2D eigenvalue weighted by molar-refractivity contribution is 5.53. The predicted octanol–water partition coefficient (Wildman–Crippen LogP) is 3.52. The van der Waals surface area contributed by atoms with Gasteiger partial charge in [-0.15, -0.1) is 0 Å². The number of anilines is 2. The van der Waals surface area contributed by atoms with Crippen molar-refractivity contribution < 1.29 is 9.13 Å². The van der Waals surface area contributed by atoms with Crippen LogP contribution in [0.1, 0.15) is 18.1 Å². The van der Waals surface area contributed by atoms with Crippen LogP contribution in [0.3, 0.4) is 0 Å². The predicted molar refractivity (Wildman–Crippen MR) is 90.5 cm³/mol. The van der Waals surface area contributed by atoms with Crippen LogP contribution in [-0.4, -0.2) is 6.04 Å². The second-order valence-corrected chi connectivity index (χ2v) is 5.68. The average Bonchev–Trinajstić information content (AvgIpc) is 2.94. The molecule has 1 unspecified atom stereocenters. The molecule has 5 heteroatoms. The normalized spacial score (nSPS) is 16.8. The fourth-order valence-corrected chi connectivity index (χ4v) is 2.51. The quantitative estimate of drug-likeness (QED) is 0.848. The van der Waals surface area contributed by atoms with Crippen LogP contribution in [0.5, 0.6) is 5.75 Å². The van der Waals surface area contributed by atoms with Gasteiger partial charge >= 0.3 is 0 Å². The first-order chi connectivity index (χ1) is 11.0. The number of nitrogens with two attached hydrogens (primary N) is 1. The zero-order chi connectivity index (χ0) is 16.4. The van der Waals surface area contributed by atoms with Crippen LogP contribution in [0.2, 0.25) is 0 Å². The van der Waals surface area contributed by atoms with Gasteiger partial charge in [-0.3, -0.25) is 5.01 Å². The minimum atomic E-state index is -0.399. The highest BCUT2D eigenvalue weighted by Crippen LogP contribution is 2.26. The summed E-state index contributed by atoms with van der Waals surface area (Å²) in [6, 6.07) is 10.8. The molecule has 23 heavy (non-hydrogen) atoms. The maximum Gasteiger partial charge on any atom is 0.167 e. The third kappa shape index (κ3) is 3.29. The van der Waals surface area contributed by atoms with Crippen LogP contribution in [0.4, 0.5) is 15.8 Å². The topological polar surface area (TPSA) is 50.5 Å². The number of nitrogen functional groups attached to an aromatic ring is 1. The van der Waals surface area contributed by atoms with E-state index in [1.165, 1.54) is 6.07 Å². The van der Waals surface area contributed by atoms with E-state index in [2.05, 4.69) is 5.43 Å². The number of nitrogens with one attached hydrogen (secondary N) is 1. The maximum atomic E-state index is 14.3. The Labute approximate surface area is 135 Å². The van der Waals surface area contributed by atoms with Gasteiger partial charge in [-0.25, -0.2) is 9.82 Å². The van der Waals surface area contributed by atoms with Crippen LogP contribution in [0.25, 0.3) is 0 Å². The zero-order valence-corrected chi connectivity index (χ0v) is 13.2. The lowest BCUT2D eigenvalue weighted by molar-refractivity contribution is 0.290. The smallest absolute Gasteiger partial charge is 0.167 e. The van der Waals surface area contributed by atoms with Gasteiger partial charge in [0.2, 0.25) is 0 Å². The molecule has 0 fully saturated rings. The van der Waals surface area contributed by atoms with E-state index in [-0.39, 0.29) is 18.4 Å². The number of benzene rings is 2. The highest BCUT2D eigenvalue weighted by Gasteiger charge is 2.14. The summed E-state index contributed by atoms with van der Waals surface area (Å²) in [7, 11) is 0. The summed E-state index contributed by atoms with van der Waals surface area (Å²) in [6.07, 6.45) is 3.89. The Morgan fingerprint density at radius 1 is 1.30 bits per heavy atom. The van der Waals surface area contributed by atoms with Crippen molar-refractivity contribution in [2.75, 3.05) is 10.7 Å². The Kier molecular flexibility index (Phi) is 4.21. The molecule has 1 aliphatic rings. The fraction of sp³-hybridized carbons (Fsp3) is 0.222. The first-order valence-electron chi connectivity index (χ1n) is 7.54. The summed E-state index contributed by atoms with van der Waals surface area (Å²) in [6.45, 7) is 4.23. The van der Waals surface area contributed by atoms with E-state index >= 15 is 0 Å². The van der Waals surface area contributed by atoms with Gasteiger partial charge in [-0.1, -0.05) is 12.1 Å². The highest BCUT2D eigenvalue weighted by atomic mass is 19.1. The van der Waals surface area contributed by atoms with Crippen molar-refractivity contribution in [2.45, 2.75) is 26.5 Å². The van der Waals surface area contributed by atoms with Crippen molar-refractivity contribution in [2.24, 2.45) is 0 Å². The van der Waals surface area contributed by atoms with E-state index in [1.807, 2.05) is 50.4 Å². The summed E-state index contributed by atoms with van der Waals surface area (Å²) in [5.41, 5.74) is 12.4. The summed E-state index contributed by atoms with van der Waals surface area (Å²) in [5.74, 6) is -0.183. The molecule has 0 spiro atoms. The van der Waals surface area contributed by atoms with Crippen LogP contribution in [-0.2, 0) is 6.61 Å². The van der Waals surface area contributed by atoms with Gasteiger partial charge < -0.3 is 10.5 Å². The van der Waals surface area contributed by atoms with E-state index in [0.717, 1.165) is 16.8 Å². The summed E-state index contributed by atoms with van der Waals surface area (Å²) in [4.78, 5) is 0. The summed E-state index contributed by atoms with van der Waals surface area (Å²) >= 11 is 0. The van der Waals surface area contributed by atoms with Crippen molar-refractivity contribution in [1.82, 2.24) is 5.43 Å². The molecule has 0 amide bonds. The van der Waals surface area contributed by atoms with Gasteiger partial charge in [0, 0.05) is 29.6 Å². The monoisotopic (exact) mass is 313 g/mol. The van der Waals surface area contributed by atoms with Crippen LogP contribution in [0.15, 0.2) is 48.7 Å². The van der Waals surface area contributed by atoms with E-state index < -0.39 is 5.82 Å². The molecule has 120 valence electrons. The van der Waals surface area contributed by atoms with Gasteiger partial charge in [0.1, 0.15) is 6.61 Å². The molecule has 0 aromatic heterocycles. The van der Waals surface area contributed by atoms with Crippen molar-refractivity contribution in [3.63, 3.8) is 0 Å². The lowest BCUT2D eigenvalue weighted by atomic mass is 10.1. The summed E-state index contributed by atoms with van der Waals surface area (Å²) in [5, 5.41) is 1.79. The zero-order valence-electron chi connectivity index (χ0n) is 13.2. The van der Waals surface area contributed by atoms with Gasteiger partial charge in [-0.2, -0.15) is 0 Å². The molecule has 2 aromatic rings. The third-order valence-corrected chi connectivity index (χ3v) is 3.88. The number of hydrazine groups is 1. The Hall–Kier alpha value is -2.53. The molecule has 1 aliphatic heterocycles.